The minimum Gasteiger partial charge on any atom is -0.367 e. The fourth-order valence-corrected chi connectivity index (χ4v) is 1.91. The van der Waals surface area contributed by atoms with E-state index in [9.17, 15) is 4.79 Å². The van der Waals surface area contributed by atoms with Gasteiger partial charge in [0.2, 0.25) is 5.91 Å². The van der Waals surface area contributed by atoms with Crippen LogP contribution in [0, 0.1) is 13.8 Å². The van der Waals surface area contributed by atoms with E-state index in [-0.39, 0.29) is 5.91 Å². The molecule has 0 aliphatic carbocycles. The van der Waals surface area contributed by atoms with Crippen LogP contribution in [0.3, 0.4) is 0 Å². The van der Waals surface area contributed by atoms with E-state index >= 15 is 0 Å². The molecule has 2 rings (SSSR count). The summed E-state index contributed by atoms with van der Waals surface area (Å²) >= 11 is 0. The lowest BCUT2D eigenvalue weighted by Gasteiger charge is -2.06. The van der Waals surface area contributed by atoms with Crippen molar-refractivity contribution >= 4 is 11.6 Å². The van der Waals surface area contributed by atoms with Gasteiger partial charge in [-0.2, -0.15) is 0 Å². The highest BCUT2D eigenvalue weighted by molar-refractivity contribution is 5.92. The number of amides is 1. The maximum absolute atomic E-state index is 11.8. The second-order valence-electron chi connectivity index (χ2n) is 4.32. The molecular formula is C14H16N2O. The average Bonchev–Trinajstić information content (AvgIpc) is 2.67. The number of aromatic amines is 1. The third kappa shape index (κ3) is 3.21. The van der Waals surface area contributed by atoms with Crippen LogP contribution >= 0.6 is 0 Å². The molecule has 0 atom stereocenters. The molecule has 3 heteroatoms. The number of benzene rings is 1. The number of hydrogen-bond acceptors (Lipinski definition) is 1. The van der Waals surface area contributed by atoms with Gasteiger partial charge in [-0.25, -0.2) is 0 Å². The Hall–Kier alpha value is -2.03. The van der Waals surface area contributed by atoms with Crippen molar-refractivity contribution in [2.45, 2.75) is 20.3 Å². The largest absolute Gasteiger partial charge is 0.367 e. The predicted octanol–water partition coefficient (Wildman–Crippen LogP) is 2.81. The van der Waals surface area contributed by atoms with E-state index in [4.69, 9.17) is 0 Å². The van der Waals surface area contributed by atoms with Gasteiger partial charge in [0.05, 0.1) is 6.42 Å². The van der Waals surface area contributed by atoms with Crippen LogP contribution in [0.25, 0.3) is 0 Å². The van der Waals surface area contributed by atoms with Crippen LogP contribution in [0.15, 0.2) is 36.7 Å². The zero-order valence-corrected chi connectivity index (χ0v) is 10.1. The molecule has 1 aromatic carbocycles. The molecule has 2 N–H and O–H groups in total. The molecule has 0 aliphatic rings. The van der Waals surface area contributed by atoms with E-state index in [0.29, 0.717) is 6.42 Å². The van der Waals surface area contributed by atoms with Crippen molar-refractivity contribution in [1.29, 1.82) is 0 Å². The zero-order valence-electron chi connectivity index (χ0n) is 10.1. The van der Waals surface area contributed by atoms with E-state index < -0.39 is 0 Å². The van der Waals surface area contributed by atoms with Gasteiger partial charge in [-0.1, -0.05) is 6.07 Å². The summed E-state index contributed by atoms with van der Waals surface area (Å²) in [6.07, 6.45) is 4.05. The lowest BCUT2D eigenvalue weighted by molar-refractivity contribution is -0.115. The van der Waals surface area contributed by atoms with E-state index in [1.807, 2.05) is 44.4 Å². The Bertz CT molecular complexity index is 495. The van der Waals surface area contributed by atoms with Gasteiger partial charge < -0.3 is 10.3 Å². The van der Waals surface area contributed by atoms with E-state index in [1.54, 1.807) is 0 Å². The molecule has 1 heterocycles. The third-order valence-corrected chi connectivity index (χ3v) is 2.53. The number of aromatic nitrogens is 1. The Kier molecular flexibility index (Phi) is 3.28. The Balaban J connectivity index is 2.03. The number of rotatable bonds is 3. The van der Waals surface area contributed by atoms with Crippen LogP contribution in [-0.2, 0) is 11.2 Å². The number of carbonyl (C=O) groups excluding carboxylic acids is 1. The van der Waals surface area contributed by atoms with Crippen molar-refractivity contribution in [2.75, 3.05) is 5.32 Å². The number of anilines is 1. The molecule has 0 aliphatic heterocycles. The molecule has 0 spiro atoms. The molecule has 17 heavy (non-hydrogen) atoms. The first-order chi connectivity index (χ1) is 8.13. The molecular weight excluding hydrogens is 212 g/mol. The Morgan fingerprint density at radius 3 is 2.53 bits per heavy atom. The molecule has 0 saturated heterocycles. The van der Waals surface area contributed by atoms with Crippen molar-refractivity contribution in [3.8, 4) is 0 Å². The van der Waals surface area contributed by atoms with Crippen LogP contribution in [0.4, 0.5) is 5.69 Å². The molecule has 2 aromatic rings. The van der Waals surface area contributed by atoms with Crippen LogP contribution in [-0.4, -0.2) is 10.9 Å². The highest BCUT2D eigenvalue weighted by Gasteiger charge is 2.04. The maximum Gasteiger partial charge on any atom is 0.228 e. The van der Waals surface area contributed by atoms with Crippen LogP contribution in [0.2, 0.25) is 0 Å². The summed E-state index contributed by atoms with van der Waals surface area (Å²) in [6, 6.07) is 7.94. The molecule has 0 fully saturated rings. The molecule has 3 nitrogen and oxygen atoms in total. The van der Waals surface area contributed by atoms with Crippen LogP contribution < -0.4 is 5.32 Å². The van der Waals surface area contributed by atoms with Gasteiger partial charge >= 0.3 is 0 Å². The summed E-state index contributed by atoms with van der Waals surface area (Å²) in [7, 11) is 0. The standard InChI is InChI=1S/C14H16N2O/c1-10-5-11(2)7-13(6-10)16-14(17)8-12-3-4-15-9-12/h3-7,9,15H,8H2,1-2H3,(H,16,17). The minimum atomic E-state index is 0.00889. The molecule has 0 bridgehead atoms. The molecule has 1 amide bonds. The van der Waals surface area contributed by atoms with Gasteiger partial charge in [-0.3, -0.25) is 4.79 Å². The van der Waals surface area contributed by atoms with E-state index in [2.05, 4.69) is 16.4 Å². The Morgan fingerprint density at radius 1 is 1.24 bits per heavy atom. The van der Waals surface area contributed by atoms with Crippen molar-refractivity contribution in [1.82, 2.24) is 4.98 Å². The van der Waals surface area contributed by atoms with E-state index in [0.717, 1.165) is 22.4 Å². The summed E-state index contributed by atoms with van der Waals surface area (Å²) < 4.78 is 0. The predicted molar refractivity (Wildman–Crippen MR) is 69.0 cm³/mol. The SMILES string of the molecule is Cc1cc(C)cc(NC(=O)Cc2cc[nH]c2)c1. The maximum atomic E-state index is 11.8. The number of nitrogens with one attached hydrogen (secondary N) is 2. The topological polar surface area (TPSA) is 44.9 Å². The Morgan fingerprint density at radius 2 is 1.94 bits per heavy atom. The van der Waals surface area contributed by atoms with Crippen LogP contribution in [0.5, 0.6) is 0 Å². The minimum absolute atomic E-state index is 0.00889. The van der Waals surface area contributed by atoms with E-state index in [1.165, 1.54) is 0 Å². The summed E-state index contributed by atoms with van der Waals surface area (Å²) in [5, 5.41) is 2.91. The number of H-pyrrole nitrogens is 1. The molecule has 88 valence electrons. The first-order valence-electron chi connectivity index (χ1n) is 5.63. The van der Waals surface area contributed by atoms with Gasteiger partial charge in [-0.15, -0.1) is 0 Å². The Labute approximate surface area is 101 Å². The lowest BCUT2D eigenvalue weighted by atomic mass is 10.1. The number of aryl methyl sites for hydroxylation is 2. The summed E-state index contributed by atoms with van der Waals surface area (Å²) in [6.45, 7) is 4.05. The first-order valence-corrected chi connectivity index (χ1v) is 5.63. The highest BCUT2D eigenvalue weighted by Crippen LogP contribution is 2.14. The van der Waals surface area contributed by atoms with Gasteiger partial charge in [0.1, 0.15) is 0 Å². The fraction of sp³-hybridized carbons (Fsp3) is 0.214. The van der Waals surface area contributed by atoms with Crippen molar-refractivity contribution in [2.24, 2.45) is 0 Å². The summed E-state index contributed by atoms with van der Waals surface area (Å²) in [5.74, 6) is 0.00889. The first kappa shape index (κ1) is 11.5. The summed E-state index contributed by atoms with van der Waals surface area (Å²) in [5.41, 5.74) is 4.17. The number of hydrogen-bond donors (Lipinski definition) is 2. The van der Waals surface area contributed by atoms with Gasteiger partial charge in [0.25, 0.3) is 0 Å². The van der Waals surface area contributed by atoms with Gasteiger partial charge in [-0.05, 0) is 48.7 Å². The quantitative estimate of drug-likeness (QED) is 0.833. The smallest absolute Gasteiger partial charge is 0.228 e. The molecule has 1 aromatic heterocycles. The normalized spacial score (nSPS) is 10.2. The molecule has 0 saturated carbocycles. The van der Waals surface area contributed by atoms with Gasteiger partial charge in [0.15, 0.2) is 0 Å². The summed E-state index contributed by atoms with van der Waals surface area (Å²) in [4.78, 5) is 14.7. The third-order valence-electron chi connectivity index (χ3n) is 2.53. The monoisotopic (exact) mass is 228 g/mol. The lowest BCUT2D eigenvalue weighted by Crippen LogP contribution is -2.14. The molecule has 0 radical (unpaired) electrons. The average molecular weight is 228 g/mol. The second kappa shape index (κ2) is 4.87. The zero-order chi connectivity index (χ0) is 12.3. The second-order valence-corrected chi connectivity index (χ2v) is 4.32. The van der Waals surface area contributed by atoms with Crippen molar-refractivity contribution < 1.29 is 4.79 Å². The number of carbonyl (C=O) groups is 1. The highest BCUT2D eigenvalue weighted by atomic mass is 16.1. The van der Waals surface area contributed by atoms with Gasteiger partial charge in [0, 0.05) is 18.1 Å². The fourth-order valence-electron chi connectivity index (χ4n) is 1.91. The van der Waals surface area contributed by atoms with Crippen molar-refractivity contribution in [3.05, 3.63) is 53.3 Å². The van der Waals surface area contributed by atoms with Crippen LogP contribution in [0.1, 0.15) is 16.7 Å². The molecule has 0 unspecified atom stereocenters. The van der Waals surface area contributed by atoms with Crippen molar-refractivity contribution in [3.63, 3.8) is 0 Å².